The summed E-state index contributed by atoms with van der Waals surface area (Å²) in [6.07, 6.45) is 3.24. The number of hydrogen-bond donors (Lipinski definition) is 2. The highest BCUT2D eigenvalue weighted by atomic mass is 16.5. The molecule has 1 heterocycles. The predicted molar refractivity (Wildman–Crippen MR) is 88.2 cm³/mol. The molecule has 1 fully saturated rings. The van der Waals surface area contributed by atoms with Crippen LogP contribution in [0.2, 0.25) is 0 Å². The lowest BCUT2D eigenvalue weighted by molar-refractivity contribution is -0.0100. The Morgan fingerprint density at radius 1 is 1.23 bits per heavy atom. The molecule has 2 rings (SSSR count). The van der Waals surface area contributed by atoms with E-state index in [1.165, 1.54) is 5.56 Å². The number of hydrogen-bond acceptors (Lipinski definition) is 4. The van der Waals surface area contributed by atoms with Crippen LogP contribution in [0.15, 0.2) is 24.3 Å². The van der Waals surface area contributed by atoms with Gasteiger partial charge in [-0.15, -0.1) is 0 Å². The van der Waals surface area contributed by atoms with Crippen LogP contribution in [-0.2, 0) is 0 Å². The first-order chi connectivity index (χ1) is 10.6. The molecule has 0 aliphatic carbocycles. The Bertz CT molecular complexity index is 434. The second kappa shape index (κ2) is 8.51. The van der Waals surface area contributed by atoms with E-state index in [1.54, 1.807) is 0 Å². The Balaban J connectivity index is 1.81. The molecule has 0 aromatic heterocycles. The van der Waals surface area contributed by atoms with Gasteiger partial charge < -0.3 is 14.9 Å². The molecule has 3 atom stereocenters. The van der Waals surface area contributed by atoms with E-state index in [-0.39, 0.29) is 18.8 Å². The maximum atomic E-state index is 10.2. The second-order valence-electron chi connectivity index (χ2n) is 6.31. The van der Waals surface area contributed by atoms with E-state index in [0.717, 1.165) is 38.0 Å². The molecule has 3 unspecified atom stereocenters. The van der Waals surface area contributed by atoms with Crippen molar-refractivity contribution in [2.75, 3.05) is 19.7 Å². The quantitative estimate of drug-likeness (QED) is 0.812. The van der Waals surface area contributed by atoms with Crippen LogP contribution in [0.5, 0.6) is 5.75 Å². The number of rotatable bonds is 7. The Labute approximate surface area is 133 Å². The van der Waals surface area contributed by atoms with Crippen LogP contribution in [0.4, 0.5) is 0 Å². The third-order valence-electron chi connectivity index (χ3n) is 4.44. The van der Waals surface area contributed by atoms with E-state index in [4.69, 9.17) is 4.74 Å². The van der Waals surface area contributed by atoms with Crippen LogP contribution in [0, 0.1) is 6.92 Å². The third kappa shape index (κ3) is 4.97. The van der Waals surface area contributed by atoms with Crippen molar-refractivity contribution in [1.82, 2.24) is 4.90 Å². The van der Waals surface area contributed by atoms with Crippen LogP contribution in [0.25, 0.3) is 0 Å². The van der Waals surface area contributed by atoms with Crippen molar-refractivity contribution >= 4 is 0 Å². The highest BCUT2D eigenvalue weighted by Gasteiger charge is 2.29. The van der Waals surface area contributed by atoms with Gasteiger partial charge in [-0.1, -0.05) is 31.0 Å². The predicted octanol–water partition coefficient (Wildman–Crippen LogP) is 2.36. The van der Waals surface area contributed by atoms with Gasteiger partial charge in [0.05, 0.1) is 6.10 Å². The summed E-state index contributed by atoms with van der Waals surface area (Å²) in [5.74, 6) is 0.786. The van der Waals surface area contributed by atoms with Crippen LogP contribution >= 0.6 is 0 Å². The van der Waals surface area contributed by atoms with Crippen LogP contribution in [0.1, 0.15) is 38.2 Å². The molecule has 1 saturated heterocycles. The zero-order valence-corrected chi connectivity index (χ0v) is 13.7. The van der Waals surface area contributed by atoms with Gasteiger partial charge in [0.25, 0.3) is 0 Å². The minimum absolute atomic E-state index is 0.174. The molecular formula is C18H29NO3. The SMILES string of the molecule is CCC(O)C1CCCCN1CC(O)COc1ccc(C)cc1. The average Bonchev–Trinajstić information content (AvgIpc) is 2.54. The first kappa shape index (κ1) is 17.3. The summed E-state index contributed by atoms with van der Waals surface area (Å²) in [4.78, 5) is 2.22. The molecule has 0 spiro atoms. The number of β-amino-alcohol motifs (C(OH)–C–C–N with tert-alkyl or cyclic N) is 1. The molecule has 0 saturated carbocycles. The van der Waals surface area contributed by atoms with Crippen LogP contribution in [0.3, 0.4) is 0 Å². The summed E-state index contributed by atoms with van der Waals surface area (Å²) in [5, 5.41) is 20.4. The molecule has 1 aliphatic heterocycles. The Hall–Kier alpha value is -1.10. The standard InChI is InChI=1S/C18H29NO3/c1-3-18(21)17-6-4-5-11-19(17)12-15(20)13-22-16-9-7-14(2)8-10-16/h7-10,15,17-18,20-21H,3-6,11-13H2,1-2H3. The average molecular weight is 307 g/mol. The lowest BCUT2D eigenvalue weighted by Crippen LogP contribution is -2.50. The smallest absolute Gasteiger partial charge is 0.119 e. The molecule has 4 nitrogen and oxygen atoms in total. The Morgan fingerprint density at radius 2 is 1.95 bits per heavy atom. The summed E-state index contributed by atoms with van der Waals surface area (Å²) < 4.78 is 5.65. The van der Waals surface area contributed by atoms with E-state index in [2.05, 4.69) is 4.90 Å². The maximum Gasteiger partial charge on any atom is 0.119 e. The van der Waals surface area contributed by atoms with E-state index >= 15 is 0 Å². The van der Waals surface area contributed by atoms with Gasteiger partial charge in [-0.05, 0) is 44.9 Å². The summed E-state index contributed by atoms with van der Waals surface area (Å²) in [6, 6.07) is 8.02. The van der Waals surface area contributed by atoms with Crippen molar-refractivity contribution in [2.24, 2.45) is 0 Å². The normalized spacial score (nSPS) is 22.3. The molecule has 0 amide bonds. The van der Waals surface area contributed by atoms with Crippen molar-refractivity contribution in [2.45, 2.75) is 57.8 Å². The molecule has 4 heteroatoms. The van der Waals surface area contributed by atoms with Crippen molar-refractivity contribution in [3.63, 3.8) is 0 Å². The van der Waals surface area contributed by atoms with Crippen molar-refractivity contribution < 1.29 is 14.9 Å². The highest BCUT2D eigenvalue weighted by molar-refractivity contribution is 5.26. The fraction of sp³-hybridized carbons (Fsp3) is 0.667. The monoisotopic (exact) mass is 307 g/mol. The van der Waals surface area contributed by atoms with E-state index < -0.39 is 6.10 Å². The number of likely N-dealkylation sites (tertiary alicyclic amines) is 1. The summed E-state index contributed by atoms with van der Waals surface area (Å²) in [6.45, 7) is 5.84. The molecule has 124 valence electrons. The van der Waals surface area contributed by atoms with Gasteiger partial charge in [0.1, 0.15) is 18.5 Å². The summed E-state index contributed by atoms with van der Waals surface area (Å²) >= 11 is 0. The Morgan fingerprint density at radius 3 is 2.64 bits per heavy atom. The molecule has 0 radical (unpaired) electrons. The van der Waals surface area contributed by atoms with Crippen LogP contribution in [-0.4, -0.2) is 53.1 Å². The van der Waals surface area contributed by atoms with Gasteiger partial charge in [0.15, 0.2) is 0 Å². The van der Waals surface area contributed by atoms with Crippen molar-refractivity contribution in [3.8, 4) is 5.75 Å². The molecule has 1 aliphatic rings. The minimum Gasteiger partial charge on any atom is -0.491 e. The first-order valence-corrected chi connectivity index (χ1v) is 8.39. The fourth-order valence-electron chi connectivity index (χ4n) is 3.10. The van der Waals surface area contributed by atoms with Gasteiger partial charge in [-0.2, -0.15) is 0 Å². The van der Waals surface area contributed by atoms with E-state index in [9.17, 15) is 10.2 Å². The van der Waals surface area contributed by atoms with Gasteiger partial charge in [0.2, 0.25) is 0 Å². The zero-order chi connectivity index (χ0) is 15.9. The fourth-order valence-corrected chi connectivity index (χ4v) is 3.10. The van der Waals surface area contributed by atoms with Crippen molar-refractivity contribution in [1.29, 1.82) is 0 Å². The van der Waals surface area contributed by atoms with E-state index in [1.807, 2.05) is 38.1 Å². The number of nitrogens with zero attached hydrogens (tertiary/aromatic N) is 1. The van der Waals surface area contributed by atoms with E-state index in [0.29, 0.717) is 6.54 Å². The molecule has 1 aromatic rings. The van der Waals surface area contributed by atoms with Gasteiger partial charge in [-0.25, -0.2) is 0 Å². The number of aliphatic hydroxyl groups excluding tert-OH is 2. The minimum atomic E-state index is -0.536. The maximum absolute atomic E-state index is 10.2. The highest BCUT2D eigenvalue weighted by Crippen LogP contribution is 2.21. The number of piperidine rings is 1. The third-order valence-corrected chi connectivity index (χ3v) is 4.44. The molecule has 1 aromatic carbocycles. The lowest BCUT2D eigenvalue weighted by Gasteiger charge is -2.39. The number of aliphatic hydroxyl groups is 2. The molecule has 0 bridgehead atoms. The van der Waals surface area contributed by atoms with Crippen molar-refractivity contribution in [3.05, 3.63) is 29.8 Å². The van der Waals surface area contributed by atoms with Gasteiger partial charge in [0, 0.05) is 12.6 Å². The second-order valence-corrected chi connectivity index (χ2v) is 6.31. The first-order valence-electron chi connectivity index (χ1n) is 8.39. The Kier molecular flexibility index (Phi) is 6.68. The summed E-state index contributed by atoms with van der Waals surface area (Å²) in [5.41, 5.74) is 1.19. The molecule has 22 heavy (non-hydrogen) atoms. The van der Waals surface area contributed by atoms with Crippen LogP contribution < -0.4 is 4.74 Å². The number of aryl methyl sites for hydroxylation is 1. The molecular weight excluding hydrogens is 278 g/mol. The lowest BCUT2D eigenvalue weighted by atomic mass is 9.95. The topological polar surface area (TPSA) is 52.9 Å². The molecule has 2 N–H and O–H groups in total. The number of benzene rings is 1. The zero-order valence-electron chi connectivity index (χ0n) is 13.7. The van der Waals surface area contributed by atoms with Gasteiger partial charge in [-0.3, -0.25) is 4.90 Å². The largest absolute Gasteiger partial charge is 0.491 e. The summed E-state index contributed by atoms with van der Waals surface area (Å²) in [7, 11) is 0. The van der Waals surface area contributed by atoms with Gasteiger partial charge >= 0.3 is 0 Å². The number of ether oxygens (including phenoxy) is 1.